The molecule has 0 radical (unpaired) electrons. The molecule has 2 N–H and O–H groups in total. The summed E-state index contributed by atoms with van der Waals surface area (Å²) in [6, 6.07) is 5.83. The number of benzene rings is 1. The van der Waals surface area contributed by atoms with E-state index in [-0.39, 0.29) is 39.6 Å². The molecule has 2 atom stereocenters. The van der Waals surface area contributed by atoms with Crippen molar-refractivity contribution < 1.29 is 22.9 Å². The van der Waals surface area contributed by atoms with Gasteiger partial charge in [0.25, 0.3) is 0 Å². The number of quaternary nitrogens is 1. The molecule has 0 spiro atoms. The summed E-state index contributed by atoms with van der Waals surface area (Å²) in [5.41, 5.74) is 0.827. The first-order valence-electron chi connectivity index (χ1n) is 10.8. The van der Waals surface area contributed by atoms with Gasteiger partial charge in [-0.1, -0.05) is 6.92 Å². The molecule has 2 unspecified atom stereocenters. The molecule has 2 aromatic heterocycles. The first-order chi connectivity index (χ1) is 15.2. The predicted molar refractivity (Wildman–Crippen MR) is 118 cm³/mol. The van der Waals surface area contributed by atoms with Crippen molar-refractivity contribution in [2.45, 2.75) is 44.7 Å². The van der Waals surface area contributed by atoms with E-state index in [2.05, 4.69) is 15.3 Å². The van der Waals surface area contributed by atoms with Gasteiger partial charge in [0.1, 0.15) is 22.9 Å². The van der Waals surface area contributed by atoms with Crippen molar-refractivity contribution in [3.8, 4) is 11.3 Å². The van der Waals surface area contributed by atoms with Crippen LogP contribution < -0.4 is 5.32 Å². The smallest absolute Gasteiger partial charge is 0.347 e. The molecule has 32 heavy (non-hydrogen) atoms. The number of halogens is 2. The highest BCUT2D eigenvalue weighted by Crippen LogP contribution is 2.31. The molecule has 1 aromatic carbocycles. The molecular formula is C24H27F2N4O2+. The molecule has 1 fully saturated rings. The van der Waals surface area contributed by atoms with E-state index in [9.17, 15) is 18.4 Å². The highest BCUT2D eigenvalue weighted by atomic mass is 19.1. The maximum absolute atomic E-state index is 15.0. The molecule has 8 heteroatoms. The van der Waals surface area contributed by atoms with Gasteiger partial charge in [0.2, 0.25) is 5.91 Å². The Bertz CT molecular complexity index is 1190. The van der Waals surface area contributed by atoms with Crippen molar-refractivity contribution in [1.29, 1.82) is 0 Å². The lowest BCUT2D eigenvalue weighted by Gasteiger charge is -2.33. The molecule has 1 aliphatic carbocycles. The molecule has 168 valence electrons. The van der Waals surface area contributed by atoms with Crippen LogP contribution in [0.15, 0.2) is 36.7 Å². The van der Waals surface area contributed by atoms with Crippen LogP contribution in [-0.2, 0) is 4.79 Å². The van der Waals surface area contributed by atoms with Crippen LogP contribution in [0.5, 0.6) is 0 Å². The SMILES string of the molecule is CCC(=O)NC1CCC([N+](C)(C)C(=O)c2cnc(-c3cc(F)c4[nH]ccc4c3)c(F)c2)C1. The van der Waals surface area contributed by atoms with Gasteiger partial charge in [-0.25, -0.2) is 13.6 Å². The maximum atomic E-state index is 15.0. The van der Waals surface area contributed by atoms with Gasteiger partial charge in [0.05, 0.1) is 25.7 Å². The third-order valence-corrected chi connectivity index (χ3v) is 6.50. The number of aromatic nitrogens is 2. The standard InChI is InChI=1S/C24H26F2N4O2/c1-4-21(31)29-17-5-6-18(12-17)30(2,3)24(32)16-11-20(26)23(28-13-16)15-9-14-7-8-27-22(14)19(25)10-15/h7-11,13,17-18H,4-6,12H2,1-3H3,(H-,27,28,29,31,32)/p+1. The first kappa shape index (κ1) is 22.1. The Morgan fingerprint density at radius 2 is 1.97 bits per heavy atom. The lowest BCUT2D eigenvalue weighted by molar-refractivity contribution is -0.834. The van der Waals surface area contributed by atoms with E-state index >= 15 is 0 Å². The topological polar surface area (TPSA) is 74.8 Å². The number of fused-ring (bicyclic) bond motifs is 1. The molecule has 2 heterocycles. The summed E-state index contributed by atoms with van der Waals surface area (Å²) >= 11 is 0. The molecule has 6 nitrogen and oxygen atoms in total. The summed E-state index contributed by atoms with van der Waals surface area (Å²) in [6.07, 6.45) is 5.68. The number of hydrogen-bond donors (Lipinski definition) is 2. The predicted octanol–water partition coefficient (Wildman–Crippen LogP) is 4.17. The van der Waals surface area contributed by atoms with Crippen molar-refractivity contribution in [3.05, 3.63) is 53.9 Å². The van der Waals surface area contributed by atoms with Crippen molar-refractivity contribution in [2.75, 3.05) is 14.1 Å². The van der Waals surface area contributed by atoms with Gasteiger partial charge in [0, 0.05) is 48.6 Å². The summed E-state index contributed by atoms with van der Waals surface area (Å²) in [5.74, 6) is -1.41. The number of H-pyrrole nitrogens is 1. The number of pyridine rings is 1. The third kappa shape index (κ3) is 4.02. The van der Waals surface area contributed by atoms with Crippen LogP contribution in [0.2, 0.25) is 0 Å². The minimum atomic E-state index is -0.676. The van der Waals surface area contributed by atoms with E-state index < -0.39 is 11.6 Å². The fraction of sp³-hybridized carbons (Fsp3) is 0.375. The maximum Gasteiger partial charge on any atom is 0.347 e. The molecule has 1 aliphatic rings. The Balaban J connectivity index is 1.55. The molecule has 3 aromatic rings. The second kappa shape index (κ2) is 8.43. The monoisotopic (exact) mass is 441 g/mol. The number of nitrogens with one attached hydrogen (secondary N) is 2. The molecule has 2 amide bonds. The van der Waals surface area contributed by atoms with Crippen molar-refractivity contribution in [2.24, 2.45) is 0 Å². The van der Waals surface area contributed by atoms with Crippen LogP contribution >= 0.6 is 0 Å². The molecule has 0 saturated heterocycles. The summed E-state index contributed by atoms with van der Waals surface area (Å²) in [4.78, 5) is 31.9. The zero-order valence-electron chi connectivity index (χ0n) is 18.4. The summed E-state index contributed by atoms with van der Waals surface area (Å²) in [7, 11) is 3.61. The van der Waals surface area contributed by atoms with Gasteiger partial charge < -0.3 is 10.3 Å². The lowest BCUT2D eigenvalue weighted by atomic mass is 10.1. The van der Waals surface area contributed by atoms with E-state index in [1.807, 2.05) is 0 Å². The number of carbonyl (C=O) groups excluding carboxylic acids is 2. The number of amides is 2. The average Bonchev–Trinajstić information content (AvgIpc) is 3.43. The number of carbonyl (C=O) groups is 2. The van der Waals surface area contributed by atoms with Crippen LogP contribution in [0, 0.1) is 11.6 Å². The van der Waals surface area contributed by atoms with E-state index in [1.54, 1.807) is 39.3 Å². The zero-order chi connectivity index (χ0) is 23.0. The second-order valence-corrected chi connectivity index (χ2v) is 8.88. The van der Waals surface area contributed by atoms with Gasteiger partial charge in [-0.15, -0.1) is 0 Å². The first-order valence-corrected chi connectivity index (χ1v) is 10.8. The number of rotatable bonds is 5. The quantitative estimate of drug-likeness (QED) is 0.584. The Morgan fingerprint density at radius 1 is 1.19 bits per heavy atom. The fourth-order valence-electron chi connectivity index (χ4n) is 4.53. The minimum Gasteiger partial charge on any atom is -0.359 e. The molecular weight excluding hydrogens is 414 g/mol. The molecule has 0 bridgehead atoms. The van der Waals surface area contributed by atoms with Gasteiger partial charge in [-0.05, 0) is 30.7 Å². The van der Waals surface area contributed by atoms with Crippen LogP contribution in [0.4, 0.5) is 8.78 Å². The highest BCUT2D eigenvalue weighted by molar-refractivity contribution is 5.89. The Morgan fingerprint density at radius 3 is 2.69 bits per heavy atom. The van der Waals surface area contributed by atoms with E-state index in [0.29, 0.717) is 29.3 Å². The van der Waals surface area contributed by atoms with E-state index in [4.69, 9.17) is 0 Å². The Labute approximate surface area is 185 Å². The van der Waals surface area contributed by atoms with Gasteiger partial charge >= 0.3 is 5.91 Å². The van der Waals surface area contributed by atoms with Crippen molar-refractivity contribution in [3.63, 3.8) is 0 Å². The van der Waals surface area contributed by atoms with Crippen molar-refractivity contribution >= 4 is 22.7 Å². The van der Waals surface area contributed by atoms with E-state index in [0.717, 1.165) is 12.8 Å². The summed E-state index contributed by atoms with van der Waals surface area (Å²) in [6.45, 7) is 1.81. The van der Waals surface area contributed by atoms with Crippen LogP contribution in [0.1, 0.15) is 43.0 Å². The molecule has 0 aliphatic heterocycles. The van der Waals surface area contributed by atoms with Gasteiger partial charge in [-0.2, -0.15) is 0 Å². The van der Waals surface area contributed by atoms with Crippen LogP contribution in [0.3, 0.4) is 0 Å². The number of hydrogen-bond acceptors (Lipinski definition) is 3. The highest BCUT2D eigenvalue weighted by Gasteiger charge is 2.42. The number of nitrogens with zero attached hydrogens (tertiary/aromatic N) is 2. The van der Waals surface area contributed by atoms with Gasteiger partial charge in [-0.3, -0.25) is 14.3 Å². The molecule has 1 saturated carbocycles. The van der Waals surface area contributed by atoms with Crippen LogP contribution in [0.25, 0.3) is 22.2 Å². The Hall–Kier alpha value is -3.13. The number of aromatic amines is 1. The second-order valence-electron chi connectivity index (χ2n) is 8.88. The normalized spacial score (nSPS) is 18.8. The summed E-state index contributed by atoms with van der Waals surface area (Å²) in [5, 5.41) is 3.61. The molecule has 4 rings (SSSR count). The lowest BCUT2D eigenvalue weighted by Crippen LogP contribution is -2.53. The van der Waals surface area contributed by atoms with Gasteiger partial charge in [0.15, 0.2) is 0 Å². The third-order valence-electron chi connectivity index (χ3n) is 6.50. The summed E-state index contributed by atoms with van der Waals surface area (Å²) < 4.78 is 29.3. The largest absolute Gasteiger partial charge is 0.359 e. The van der Waals surface area contributed by atoms with Crippen molar-refractivity contribution in [1.82, 2.24) is 15.3 Å². The average molecular weight is 442 g/mol. The minimum absolute atomic E-state index is 0.00272. The van der Waals surface area contributed by atoms with E-state index in [1.165, 1.54) is 18.3 Å². The zero-order valence-corrected chi connectivity index (χ0v) is 18.4. The Kier molecular flexibility index (Phi) is 5.81. The fourth-order valence-corrected chi connectivity index (χ4v) is 4.53. The van der Waals surface area contributed by atoms with Crippen LogP contribution in [-0.4, -0.2) is 52.4 Å².